The van der Waals surface area contributed by atoms with Gasteiger partial charge in [-0.15, -0.1) is 11.8 Å². The second-order valence-corrected chi connectivity index (χ2v) is 6.46. The van der Waals surface area contributed by atoms with Crippen LogP contribution in [0.15, 0.2) is 46.2 Å². The summed E-state index contributed by atoms with van der Waals surface area (Å²) in [6.07, 6.45) is 0. The maximum absolute atomic E-state index is 13.5. The third kappa shape index (κ3) is 4.98. The molecule has 0 aromatic heterocycles. The highest BCUT2D eigenvalue weighted by molar-refractivity contribution is 8.03. The lowest BCUT2D eigenvalue weighted by Crippen LogP contribution is -2.15. The topological polar surface area (TPSA) is 52.9 Å². The highest BCUT2D eigenvalue weighted by atomic mass is 32.2. The molecule has 0 bridgehead atoms. The molecule has 7 heteroatoms. The third-order valence-corrected chi connectivity index (χ3v) is 4.50. The van der Waals surface area contributed by atoms with Crippen molar-refractivity contribution in [3.8, 4) is 5.40 Å². The number of halogens is 2. The first-order valence-electron chi connectivity index (χ1n) is 6.54. The summed E-state index contributed by atoms with van der Waals surface area (Å²) >= 11 is 1.97. The Bertz CT molecular complexity index is 775. The van der Waals surface area contributed by atoms with Gasteiger partial charge in [0.1, 0.15) is 17.0 Å². The van der Waals surface area contributed by atoms with E-state index in [4.69, 9.17) is 5.26 Å². The van der Waals surface area contributed by atoms with Gasteiger partial charge >= 0.3 is 0 Å². The Kier molecular flexibility index (Phi) is 6.02. The molecular weight excluding hydrogens is 338 g/mol. The van der Waals surface area contributed by atoms with Gasteiger partial charge in [-0.2, -0.15) is 5.26 Å². The number of hydrogen-bond acceptors (Lipinski definition) is 4. The van der Waals surface area contributed by atoms with Gasteiger partial charge in [0.15, 0.2) is 0 Å². The van der Waals surface area contributed by atoms with E-state index in [1.807, 2.05) is 12.3 Å². The molecule has 0 unspecified atom stereocenters. The van der Waals surface area contributed by atoms with Crippen LogP contribution in [0.5, 0.6) is 0 Å². The normalized spacial score (nSPS) is 10.2. The molecule has 1 amide bonds. The number of carbonyl (C=O) groups excluding carboxylic acids is 1. The number of benzene rings is 2. The number of amides is 1. The van der Waals surface area contributed by atoms with Crippen molar-refractivity contribution in [2.24, 2.45) is 0 Å². The SMILES string of the molecule is Cc1cc(SC#N)ccc1NC(=O)CSc1cc(F)ccc1F. The minimum Gasteiger partial charge on any atom is -0.325 e. The van der Waals surface area contributed by atoms with Crippen molar-refractivity contribution in [3.63, 3.8) is 0 Å². The number of hydrogen-bond donors (Lipinski definition) is 1. The largest absolute Gasteiger partial charge is 0.325 e. The van der Waals surface area contributed by atoms with Crippen molar-refractivity contribution in [2.45, 2.75) is 16.7 Å². The van der Waals surface area contributed by atoms with E-state index in [9.17, 15) is 13.6 Å². The molecule has 0 fully saturated rings. The Morgan fingerprint density at radius 1 is 1.26 bits per heavy atom. The summed E-state index contributed by atoms with van der Waals surface area (Å²) in [5.74, 6) is -1.45. The number of carbonyl (C=O) groups is 1. The fraction of sp³-hybridized carbons (Fsp3) is 0.125. The van der Waals surface area contributed by atoms with Crippen LogP contribution in [0, 0.1) is 29.2 Å². The van der Waals surface area contributed by atoms with Crippen molar-refractivity contribution >= 4 is 35.1 Å². The number of nitrogens with zero attached hydrogens (tertiary/aromatic N) is 1. The zero-order valence-corrected chi connectivity index (χ0v) is 13.7. The second-order valence-electron chi connectivity index (χ2n) is 4.58. The molecule has 0 aliphatic rings. The quantitative estimate of drug-likeness (QED) is 0.634. The number of rotatable bonds is 5. The number of nitrogens with one attached hydrogen (secondary N) is 1. The van der Waals surface area contributed by atoms with E-state index >= 15 is 0 Å². The van der Waals surface area contributed by atoms with Gasteiger partial charge < -0.3 is 5.32 Å². The summed E-state index contributed by atoms with van der Waals surface area (Å²) in [5, 5.41) is 13.3. The van der Waals surface area contributed by atoms with Crippen LogP contribution in [-0.4, -0.2) is 11.7 Å². The fourth-order valence-corrected chi connectivity index (χ4v) is 3.05. The number of anilines is 1. The van der Waals surface area contributed by atoms with Crippen molar-refractivity contribution in [2.75, 3.05) is 11.1 Å². The minimum absolute atomic E-state index is 0.0332. The van der Waals surface area contributed by atoms with E-state index < -0.39 is 11.6 Å². The Morgan fingerprint density at radius 2 is 2.04 bits per heavy atom. The van der Waals surface area contributed by atoms with Gasteiger partial charge in [0.25, 0.3) is 0 Å². The van der Waals surface area contributed by atoms with Crippen LogP contribution in [-0.2, 0) is 4.79 Å². The van der Waals surface area contributed by atoms with Crippen LogP contribution >= 0.6 is 23.5 Å². The average Bonchev–Trinajstić information content (AvgIpc) is 2.51. The molecular formula is C16H12F2N2OS2. The monoisotopic (exact) mass is 350 g/mol. The van der Waals surface area contributed by atoms with E-state index in [0.717, 1.165) is 52.2 Å². The van der Waals surface area contributed by atoms with E-state index in [-0.39, 0.29) is 16.6 Å². The molecule has 0 atom stereocenters. The minimum atomic E-state index is -0.557. The molecule has 1 N–H and O–H groups in total. The van der Waals surface area contributed by atoms with E-state index in [1.54, 1.807) is 18.2 Å². The zero-order valence-electron chi connectivity index (χ0n) is 12.1. The molecule has 0 radical (unpaired) electrons. The Labute approximate surface area is 141 Å². The van der Waals surface area contributed by atoms with Gasteiger partial charge in [-0.25, -0.2) is 8.78 Å². The average molecular weight is 350 g/mol. The Hall–Kier alpha value is -2.04. The molecule has 0 saturated heterocycles. The first-order chi connectivity index (χ1) is 11.0. The predicted octanol–water partition coefficient (Wildman–Crippen LogP) is 4.58. The molecule has 118 valence electrons. The van der Waals surface area contributed by atoms with Crippen LogP contribution in [0.3, 0.4) is 0 Å². The maximum Gasteiger partial charge on any atom is 0.234 e. The first kappa shape index (κ1) is 17.3. The van der Waals surface area contributed by atoms with Gasteiger partial charge in [-0.05, 0) is 60.6 Å². The molecule has 0 aliphatic heterocycles. The van der Waals surface area contributed by atoms with Gasteiger partial charge in [0.2, 0.25) is 5.91 Å². The van der Waals surface area contributed by atoms with Crippen LogP contribution in [0.1, 0.15) is 5.56 Å². The number of aryl methyl sites for hydroxylation is 1. The molecule has 2 aromatic rings. The smallest absolute Gasteiger partial charge is 0.234 e. The fourth-order valence-electron chi connectivity index (χ4n) is 1.81. The van der Waals surface area contributed by atoms with E-state index in [0.29, 0.717) is 5.69 Å². The third-order valence-electron chi connectivity index (χ3n) is 2.89. The molecule has 2 rings (SSSR count). The summed E-state index contributed by atoms with van der Waals surface area (Å²) in [7, 11) is 0. The zero-order chi connectivity index (χ0) is 16.8. The highest BCUT2D eigenvalue weighted by Crippen LogP contribution is 2.25. The van der Waals surface area contributed by atoms with Gasteiger partial charge in [0.05, 0.1) is 5.75 Å². The molecule has 0 heterocycles. The van der Waals surface area contributed by atoms with Crippen molar-refractivity contribution in [3.05, 3.63) is 53.6 Å². The lowest BCUT2D eigenvalue weighted by atomic mass is 10.2. The van der Waals surface area contributed by atoms with Gasteiger partial charge in [0, 0.05) is 15.5 Å². The van der Waals surface area contributed by atoms with Crippen molar-refractivity contribution < 1.29 is 13.6 Å². The van der Waals surface area contributed by atoms with E-state index in [1.165, 1.54) is 0 Å². The molecule has 0 saturated carbocycles. The molecule has 3 nitrogen and oxygen atoms in total. The summed E-state index contributed by atoms with van der Waals surface area (Å²) in [6.45, 7) is 1.82. The molecule has 2 aromatic carbocycles. The number of thiocyanates is 1. The van der Waals surface area contributed by atoms with Crippen molar-refractivity contribution in [1.29, 1.82) is 5.26 Å². The Balaban J connectivity index is 1.97. The Morgan fingerprint density at radius 3 is 2.74 bits per heavy atom. The lowest BCUT2D eigenvalue weighted by molar-refractivity contribution is -0.113. The summed E-state index contributed by atoms with van der Waals surface area (Å²) in [4.78, 5) is 12.8. The van der Waals surface area contributed by atoms with Crippen LogP contribution in [0.2, 0.25) is 0 Å². The summed E-state index contributed by atoms with van der Waals surface area (Å²) < 4.78 is 26.5. The van der Waals surface area contributed by atoms with Gasteiger partial charge in [-0.3, -0.25) is 4.79 Å². The lowest BCUT2D eigenvalue weighted by Gasteiger charge is -2.09. The first-order valence-corrected chi connectivity index (χ1v) is 8.34. The van der Waals surface area contributed by atoms with Gasteiger partial charge in [-0.1, -0.05) is 0 Å². The molecule has 0 aliphatic carbocycles. The van der Waals surface area contributed by atoms with E-state index in [2.05, 4.69) is 5.32 Å². The maximum atomic E-state index is 13.5. The second kappa shape index (κ2) is 7.99. The number of thioether (sulfide) groups is 2. The summed E-state index contributed by atoms with van der Waals surface area (Å²) in [6, 6.07) is 8.36. The van der Waals surface area contributed by atoms with Crippen LogP contribution < -0.4 is 5.32 Å². The predicted molar refractivity (Wildman–Crippen MR) is 88.4 cm³/mol. The standard InChI is InChI=1S/C16H12F2N2OS2/c1-10-6-12(23-9-19)3-5-14(10)20-16(21)8-22-15-7-11(17)2-4-13(15)18/h2-7H,8H2,1H3,(H,20,21). The molecule has 23 heavy (non-hydrogen) atoms. The van der Waals surface area contributed by atoms with Crippen LogP contribution in [0.4, 0.5) is 14.5 Å². The summed E-state index contributed by atoms with van der Waals surface area (Å²) in [5.41, 5.74) is 1.44. The molecule has 0 spiro atoms. The van der Waals surface area contributed by atoms with Crippen molar-refractivity contribution in [1.82, 2.24) is 0 Å². The number of nitriles is 1. The highest BCUT2D eigenvalue weighted by Gasteiger charge is 2.10. The van der Waals surface area contributed by atoms with Crippen LogP contribution in [0.25, 0.3) is 0 Å².